The first kappa shape index (κ1) is 25.4. The van der Waals surface area contributed by atoms with Crippen molar-refractivity contribution in [2.45, 2.75) is 44.3 Å². The summed E-state index contributed by atoms with van der Waals surface area (Å²) in [4.78, 5) is 17.1. The number of nitrogens with zero attached hydrogens (tertiary/aromatic N) is 6. The quantitative estimate of drug-likeness (QED) is 0.470. The van der Waals surface area contributed by atoms with Gasteiger partial charge >= 0.3 is 6.01 Å². The molecule has 3 aliphatic rings. The molecule has 0 saturated carbocycles. The van der Waals surface area contributed by atoms with Crippen LogP contribution in [0.2, 0.25) is 0 Å². The molecule has 3 aromatic rings. The van der Waals surface area contributed by atoms with E-state index >= 15 is 0 Å². The second-order valence-electron chi connectivity index (χ2n) is 10.6. The van der Waals surface area contributed by atoms with Gasteiger partial charge in [-0.25, -0.2) is 0 Å². The lowest BCUT2D eigenvalue weighted by molar-refractivity contribution is 0.187. The molecule has 2 atom stereocenters. The van der Waals surface area contributed by atoms with E-state index in [2.05, 4.69) is 85.5 Å². The summed E-state index contributed by atoms with van der Waals surface area (Å²) in [6.07, 6.45) is 3.71. The Hall–Kier alpha value is -2.93. The maximum atomic E-state index is 9.27. The zero-order chi connectivity index (χ0) is 26.1. The molecule has 198 valence electrons. The molecule has 0 spiro atoms. The number of hydrogen-bond donors (Lipinski definition) is 1. The Balaban J connectivity index is 1.34. The van der Waals surface area contributed by atoms with Gasteiger partial charge in [0.05, 0.1) is 24.7 Å². The van der Waals surface area contributed by atoms with Crippen molar-refractivity contribution >= 4 is 38.2 Å². The van der Waals surface area contributed by atoms with Gasteiger partial charge in [0.15, 0.2) is 0 Å². The second kappa shape index (κ2) is 11.0. The van der Waals surface area contributed by atoms with Gasteiger partial charge in [0.2, 0.25) is 0 Å². The van der Waals surface area contributed by atoms with Crippen LogP contribution in [-0.2, 0) is 13.0 Å². The predicted octanol–water partition coefficient (Wildman–Crippen LogP) is 4.12. The van der Waals surface area contributed by atoms with Crippen LogP contribution in [0.3, 0.4) is 0 Å². The molecule has 4 heterocycles. The molecule has 8 nitrogen and oxygen atoms in total. The van der Waals surface area contributed by atoms with Crippen LogP contribution in [0.5, 0.6) is 6.01 Å². The lowest BCUT2D eigenvalue weighted by atomic mass is 10.0. The molecular weight excluding hydrogens is 542 g/mol. The Kier molecular flexibility index (Phi) is 7.37. The third-order valence-electron chi connectivity index (χ3n) is 8.16. The number of fused-ring (bicyclic) bond motifs is 2. The van der Waals surface area contributed by atoms with Crippen LogP contribution < -0.4 is 19.9 Å². The summed E-state index contributed by atoms with van der Waals surface area (Å²) in [5.74, 6) is 0.980. The molecule has 3 aliphatic heterocycles. The summed E-state index contributed by atoms with van der Waals surface area (Å²) in [6.45, 7) is 5.78. The van der Waals surface area contributed by atoms with Gasteiger partial charge < -0.3 is 24.8 Å². The van der Waals surface area contributed by atoms with E-state index in [9.17, 15) is 5.26 Å². The lowest BCUT2D eigenvalue weighted by Gasteiger charge is -2.37. The van der Waals surface area contributed by atoms with Crippen molar-refractivity contribution < 1.29 is 4.74 Å². The topological polar surface area (TPSA) is 80.5 Å². The number of piperazine rings is 1. The number of halogens is 1. The monoisotopic (exact) mass is 575 g/mol. The van der Waals surface area contributed by atoms with Crippen molar-refractivity contribution in [3.8, 4) is 12.1 Å². The van der Waals surface area contributed by atoms with Crippen LogP contribution in [0.1, 0.15) is 30.5 Å². The van der Waals surface area contributed by atoms with E-state index in [0.717, 1.165) is 61.5 Å². The highest BCUT2D eigenvalue weighted by molar-refractivity contribution is 9.10. The highest BCUT2D eigenvalue weighted by atomic mass is 79.9. The van der Waals surface area contributed by atoms with Crippen LogP contribution in [-0.4, -0.2) is 73.3 Å². The number of ether oxygens (including phenoxy) is 1. The molecule has 2 aromatic carbocycles. The second-order valence-corrected chi connectivity index (χ2v) is 11.4. The molecule has 2 fully saturated rings. The molecule has 0 aliphatic carbocycles. The fraction of sp³-hybridized carbons (Fsp3) is 0.483. The standard InChI is InChI=1S/C29H34BrN7O/c1-35-14-4-7-22(35)19-38-29-33-25-18-36(26-9-3-6-20-5-2-8-24(30)27(20)26)15-11-23(25)28(34-29)37-16-13-32-21(17-37)10-12-31/h2-3,5-6,8-9,21-22,32H,4,7,10-11,13-19H2,1H3/t21-,22-/m0/s1. The van der Waals surface area contributed by atoms with E-state index in [-0.39, 0.29) is 6.04 Å². The normalized spacial score (nSPS) is 21.9. The van der Waals surface area contributed by atoms with Gasteiger partial charge in [-0.1, -0.05) is 40.2 Å². The van der Waals surface area contributed by atoms with Gasteiger partial charge in [-0.05, 0) is 50.4 Å². The lowest BCUT2D eigenvalue weighted by Crippen LogP contribution is -2.51. The van der Waals surface area contributed by atoms with Gasteiger partial charge in [0.25, 0.3) is 0 Å². The summed E-state index contributed by atoms with van der Waals surface area (Å²) in [7, 11) is 2.16. The molecular formula is C29H34BrN7O. The van der Waals surface area contributed by atoms with Crippen LogP contribution in [0.4, 0.5) is 11.5 Å². The van der Waals surface area contributed by atoms with E-state index in [1.807, 2.05) is 0 Å². The predicted molar refractivity (Wildman–Crippen MR) is 154 cm³/mol. The number of nitriles is 1. The number of hydrogen-bond acceptors (Lipinski definition) is 8. The molecule has 0 radical (unpaired) electrons. The average Bonchev–Trinajstić information content (AvgIpc) is 3.35. The molecule has 6 rings (SSSR count). The number of benzene rings is 2. The third kappa shape index (κ3) is 5.05. The molecule has 1 N–H and O–H groups in total. The van der Waals surface area contributed by atoms with Gasteiger partial charge in [-0.15, -0.1) is 0 Å². The van der Waals surface area contributed by atoms with Crippen molar-refractivity contribution in [1.29, 1.82) is 5.26 Å². The summed E-state index contributed by atoms with van der Waals surface area (Å²) >= 11 is 3.79. The number of nitrogens with one attached hydrogen (secondary N) is 1. The Labute approximate surface area is 232 Å². The first-order valence-electron chi connectivity index (χ1n) is 13.6. The summed E-state index contributed by atoms with van der Waals surface area (Å²) in [5, 5.41) is 15.2. The molecule has 0 amide bonds. The Morgan fingerprint density at radius 2 is 2.00 bits per heavy atom. The Bertz CT molecular complexity index is 1350. The summed E-state index contributed by atoms with van der Waals surface area (Å²) in [6, 6.07) is 16.2. The minimum absolute atomic E-state index is 0.143. The minimum atomic E-state index is 0.143. The minimum Gasteiger partial charge on any atom is -0.462 e. The third-order valence-corrected chi connectivity index (χ3v) is 8.83. The van der Waals surface area contributed by atoms with E-state index in [4.69, 9.17) is 14.7 Å². The molecule has 1 aromatic heterocycles. The van der Waals surface area contributed by atoms with E-state index in [1.54, 1.807) is 0 Å². The van der Waals surface area contributed by atoms with Gasteiger partial charge in [-0.3, -0.25) is 0 Å². The largest absolute Gasteiger partial charge is 0.462 e. The van der Waals surface area contributed by atoms with Gasteiger partial charge in [0, 0.05) is 59.4 Å². The first-order valence-corrected chi connectivity index (χ1v) is 14.4. The van der Waals surface area contributed by atoms with Crippen LogP contribution in [0.25, 0.3) is 10.8 Å². The zero-order valence-electron chi connectivity index (χ0n) is 21.9. The van der Waals surface area contributed by atoms with Crippen LogP contribution in [0, 0.1) is 11.3 Å². The fourth-order valence-electron chi connectivity index (χ4n) is 6.09. The van der Waals surface area contributed by atoms with Crippen molar-refractivity contribution in [1.82, 2.24) is 20.2 Å². The van der Waals surface area contributed by atoms with Crippen molar-refractivity contribution in [2.75, 3.05) is 56.2 Å². The maximum Gasteiger partial charge on any atom is 0.318 e. The molecule has 2 saturated heterocycles. The van der Waals surface area contributed by atoms with Crippen molar-refractivity contribution in [3.63, 3.8) is 0 Å². The SMILES string of the molecule is CN1CCC[C@H]1COc1nc2c(c(N3CCN[C@@H](CC#N)C3)n1)CCN(c1cccc3cccc(Br)c13)C2. The van der Waals surface area contributed by atoms with Gasteiger partial charge in [0.1, 0.15) is 12.4 Å². The van der Waals surface area contributed by atoms with Crippen LogP contribution >= 0.6 is 15.9 Å². The van der Waals surface area contributed by atoms with Crippen molar-refractivity contribution in [3.05, 3.63) is 52.1 Å². The summed E-state index contributed by atoms with van der Waals surface area (Å²) < 4.78 is 7.38. The number of rotatable bonds is 6. The molecule has 0 unspecified atom stereocenters. The zero-order valence-corrected chi connectivity index (χ0v) is 23.5. The number of anilines is 2. The molecule has 9 heteroatoms. The van der Waals surface area contributed by atoms with E-state index in [0.29, 0.717) is 31.6 Å². The Morgan fingerprint density at radius 1 is 1.13 bits per heavy atom. The van der Waals surface area contributed by atoms with E-state index in [1.165, 1.54) is 28.4 Å². The molecule has 0 bridgehead atoms. The maximum absolute atomic E-state index is 9.27. The smallest absolute Gasteiger partial charge is 0.318 e. The number of likely N-dealkylation sites (tertiary alicyclic amines) is 1. The fourth-order valence-corrected chi connectivity index (χ4v) is 6.67. The Morgan fingerprint density at radius 3 is 2.82 bits per heavy atom. The summed E-state index contributed by atoms with van der Waals surface area (Å²) in [5.41, 5.74) is 3.46. The number of likely N-dealkylation sites (N-methyl/N-ethyl adjacent to an activating group) is 1. The number of aromatic nitrogens is 2. The molecule has 38 heavy (non-hydrogen) atoms. The highest BCUT2D eigenvalue weighted by Gasteiger charge is 2.30. The van der Waals surface area contributed by atoms with E-state index < -0.39 is 0 Å². The van der Waals surface area contributed by atoms with Crippen LogP contribution in [0.15, 0.2) is 40.9 Å². The first-order chi connectivity index (χ1) is 18.6. The van der Waals surface area contributed by atoms with Gasteiger partial charge in [-0.2, -0.15) is 15.2 Å². The highest BCUT2D eigenvalue weighted by Crippen LogP contribution is 2.37. The van der Waals surface area contributed by atoms with Crippen molar-refractivity contribution in [2.24, 2.45) is 0 Å². The average molecular weight is 577 g/mol.